The number of piperazine rings is 1. The molecule has 0 spiro atoms. The SMILES string of the molecule is Cc1nnc(CN2C(=O)CN(Cc3cccc(F)c3)C(=O)[C@@H]2C)s1. The van der Waals surface area contributed by atoms with E-state index in [0.29, 0.717) is 10.6 Å². The van der Waals surface area contributed by atoms with Crippen LogP contribution in [0.3, 0.4) is 0 Å². The Balaban J connectivity index is 1.72. The van der Waals surface area contributed by atoms with Crippen LogP contribution in [-0.4, -0.2) is 44.4 Å². The second kappa shape index (κ2) is 6.64. The number of benzene rings is 1. The van der Waals surface area contributed by atoms with Gasteiger partial charge in [-0.05, 0) is 31.5 Å². The van der Waals surface area contributed by atoms with Crippen molar-refractivity contribution in [3.8, 4) is 0 Å². The molecule has 6 nitrogen and oxygen atoms in total. The number of carbonyl (C=O) groups is 2. The van der Waals surface area contributed by atoms with Gasteiger partial charge < -0.3 is 9.80 Å². The van der Waals surface area contributed by atoms with Gasteiger partial charge in [0.05, 0.1) is 6.54 Å². The van der Waals surface area contributed by atoms with Crippen LogP contribution in [0.25, 0.3) is 0 Å². The van der Waals surface area contributed by atoms with E-state index >= 15 is 0 Å². The molecule has 0 radical (unpaired) electrons. The normalized spacial score (nSPS) is 18.4. The molecule has 0 bridgehead atoms. The number of aromatic nitrogens is 2. The summed E-state index contributed by atoms with van der Waals surface area (Å²) in [5.41, 5.74) is 0.663. The number of aryl methyl sites for hydroxylation is 1. The number of hydrogen-bond donors (Lipinski definition) is 0. The first-order valence-electron chi connectivity index (χ1n) is 7.55. The molecule has 0 aliphatic carbocycles. The zero-order chi connectivity index (χ0) is 17.3. The number of rotatable bonds is 4. The number of amides is 2. The third kappa shape index (κ3) is 3.43. The maximum Gasteiger partial charge on any atom is 0.245 e. The molecule has 1 aliphatic heterocycles. The minimum atomic E-state index is -0.580. The summed E-state index contributed by atoms with van der Waals surface area (Å²) in [5.74, 6) is -0.656. The number of halogens is 1. The number of nitrogens with zero attached hydrogens (tertiary/aromatic N) is 4. The van der Waals surface area contributed by atoms with E-state index in [9.17, 15) is 14.0 Å². The molecule has 2 heterocycles. The molecular formula is C16H17FN4O2S. The first-order valence-corrected chi connectivity index (χ1v) is 8.37. The lowest BCUT2D eigenvalue weighted by molar-refractivity contribution is -0.156. The lowest BCUT2D eigenvalue weighted by Crippen LogP contribution is -2.58. The molecule has 0 N–H and O–H groups in total. The molecule has 1 aromatic heterocycles. The molecule has 1 aromatic carbocycles. The van der Waals surface area contributed by atoms with Crippen molar-refractivity contribution in [2.75, 3.05) is 6.54 Å². The molecule has 1 atom stereocenters. The van der Waals surface area contributed by atoms with E-state index in [2.05, 4.69) is 10.2 Å². The van der Waals surface area contributed by atoms with Gasteiger partial charge in [0.1, 0.15) is 28.4 Å². The van der Waals surface area contributed by atoms with Gasteiger partial charge in [-0.3, -0.25) is 9.59 Å². The Bertz CT molecular complexity index is 779. The van der Waals surface area contributed by atoms with Crippen molar-refractivity contribution in [2.24, 2.45) is 0 Å². The molecule has 24 heavy (non-hydrogen) atoms. The van der Waals surface area contributed by atoms with E-state index < -0.39 is 6.04 Å². The Morgan fingerprint density at radius 3 is 2.75 bits per heavy atom. The van der Waals surface area contributed by atoms with Crippen molar-refractivity contribution >= 4 is 23.2 Å². The summed E-state index contributed by atoms with van der Waals surface area (Å²) in [6.07, 6.45) is 0. The molecule has 1 saturated heterocycles. The van der Waals surface area contributed by atoms with Crippen LogP contribution >= 0.6 is 11.3 Å². The van der Waals surface area contributed by atoms with Crippen LogP contribution in [0.2, 0.25) is 0 Å². The highest BCUT2D eigenvalue weighted by atomic mass is 32.1. The quantitative estimate of drug-likeness (QED) is 0.844. The Hall–Kier alpha value is -2.35. The van der Waals surface area contributed by atoms with E-state index in [-0.39, 0.29) is 37.3 Å². The van der Waals surface area contributed by atoms with Crippen molar-refractivity contribution in [3.63, 3.8) is 0 Å². The first kappa shape index (κ1) is 16.5. The van der Waals surface area contributed by atoms with Crippen molar-refractivity contribution in [1.82, 2.24) is 20.0 Å². The summed E-state index contributed by atoms with van der Waals surface area (Å²) in [5, 5.41) is 9.47. The summed E-state index contributed by atoms with van der Waals surface area (Å²) in [6.45, 7) is 4.03. The van der Waals surface area contributed by atoms with E-state index in [1.54, 1.807) is 19.1 Å². The predicted molar refractivity (Wildman–Crippen MR) is 86.5 cm³/mol. The number of carbonyl (C=O) groups excluding carboxylic acids is 2. The largest absolute Gasteiger partial charge is 0.327 e. The van der Waals surface area contributed by atoms with Crippen molar-refractivity contribution in [1.29, 1.82) is 0 Å². The Morgan fingerprint density at radius 2 is 2.08 bits per heavy atom. The third-order valence-corrected chi connectivity index (χ3v) is 4.74. The predicted octanol–water partition coefficient (Wildman–Crippen LogP) is 1.75. The van der Waals surface area contributed by atoms with Gasteiger partial charge in [0.2, 0.25) is 11.8 Å². The molecule has 0 unspecified atom stereocenters. The van der Waals surface area contributed by atoms with Gasteiger partial charge in [0, 0.05) is 6.54 Å². The van der Waals surface area contributed by atoms with Crippen LogP contribution in [-0.2, 0) is 22.7 Å². The van der Waals surface area contributed by atoms with Crippen LogP contribution in [0, 0.1) is 12.7 Å². The second-order valence-electron chi connectivity index (χ2n) is 5.74. The smallest absolute Gasteiger partial charge is 0.245 e. The van der Waals surface area contributed by atoms with Gasteiger partial charge in [0.25, 0.3) is 0 Å². The maximum atomic E-state index is 13.3. The van der Waals surface area contributed by atoms with E-state index in [1.807, 2.05) is 6.92 Å². The molecular weight excluding hydrogens is 331 g/mol. The lowest BCUT2D eigenvalue weighted by atomic mass is 10.1. The van der Waals surface area contributed by atoms with Gasteiger partial charge >= 0.3 is 0 Å². The summed E-state index contributed by atoms with van der Waals surface area (Å²) < 4.78 is 13.3. The Labute approximate surface area is 142 Å². The third-order valence-electron chi connectivity index (χ3n) is 3.92. The average Bonchev–Trinajstić information content (AvgIpc) is 2.94. The summed E-state index contributed by atoms with van der Waals surface area (Å²) >= 11 is 1.41. The number of hydrogen-bond acceptors (Lipinski definition) is 5. The Morgan fingerprint density at radius 1 is 1.29 bits per heavy atom. The molecule has 0 saturated carbocycles. The van der Waals surface area contributed by atoms with Gasteiger partial charge in [-0.2, -0.15) is 0 Å². The molecule has 3 rings (SSSR count). The Kier molecular flexibility index (Phi) is 4.57. The molecule has 2 amide bonds. The minimum absolute atomic E-state index is 0.0164. The molecule has 126 valence electrons. The zero-order valence-corrected chi connectivity index (χ0v) is 14.2. The van der Waals surface area contributed by atoms with E-state index in [4.69, 9.17) is 0 Å². The molecule has 8 heteroatoms. The molecule has 2 aromatic rings. The highest BCUT2D eigenvalue weighted by molar-refractivity contribution is 7.11. The summed E-state index contributed by atoms with van der Waals surface area (Å²) in [6, 6.07) is 5.47. The highest BCUT2D eigenvalue weighted by Gasteiger charge is 2.36. The molecule has 1 fully saturated rings. The second-order valence-corrected chi connectivity index (χ2v) is 7.00. The zero-order valence-electron chi connectivity index (χ0n) is 13.4. The summed E-state index contributed by atoms with van der Waals surface area (Å²) in [4.78, 5) is 28.0. The van der Waals surface area contributed by atoms with E-state index in [1.165, 1.54) is 33.3 Å². The highest BCUT2D eigenvalue weighted by Crippen LogP contribution is 2.20. The lowest BCUT2D eigenvalue weighted by Gasteiger charge is -2.38. The first-order chi connectivity index (χ1) is 11.4. The van der Waals surface area contributed by atoms with Gasteiger partial charge in [-0.25, -0.2) is 4.39 Å². The topological polar surface area (TPSA) is 66.4 Å². The van der Waals surface area contributed by atoms with Crippen molar-refractivity contribution in [3.05, 3.63) is 45.7 Å². The monoisotopic (exact) mass is 348 g/mol. The van der Waals surface area contributed by atoms with Crippen LogP contribution < -0.4 is 0 Å². The standard InChI is InChI=1S/C16H17FN4O2S/c1-10-16(23)20(7-12-4-3-5-13(17)6-12)9-15(22)21(10)8-14-19-18-11(2)24-14/h3-6,10H,7-9H2,1-2H3/t10-/m0/s1. The summed E-state index contributed by atoms with van der Waals surface area (Å²) in [7, 11) is 0. The fourth-order valence-corrected chi connectivity index (χ4v) is 3.42. The van der Waals surface area contributed by atoms with Crippen LogP contribution in [0.4, 0.5) is 4.39 Å². The van der Waals surface area contributed by atoms with Crippen LogP contribution in [0.1, 0.15) is 22.5 Å². The van der Waals surface area contributed by atoms with E-state index in [0.717, 1.165) is 5.01 Å². The van der Waals surface area contributed by atoms with Gasteiger partial charge in [-0.1, -0.05) is 23.5 Å². The van der Waals surface area contributed by atoms with Crippen LogP contribution in [0.5, 0.6) is 0 Å². The van der Waals surface area contributed by atoms with Crippen molar-refractivity contribution in [2.45, 2.75) is 33.0 Å². The van der Waals surface area contributed by atoms with Gasteiger partial charge in [0.15, 0.2) is 0 Å². The van der Waals surface area contributed by atoms with Gasteiger partial charge in [-0.15, -0.1) is 10.2 Å². The fraction of sp³-hybridized carbons (Fsp3) is 0.375. The van der Waals surface area contributed by atoms with Crippen molar-refractivity contribution < 1.29 is 14.0 Å². The van der Waals surface area contributed by atoms with Crippen LogP contribution in [0.15, 0.2) is 24.3 Å². The average molecular weight is 348 g/mol. The maximum absolute atomic E-state index is 13.3. The molecule has 1 aliphatic rings. The fourth-order valence-electron chi connectivity index (χ4n) is 2.71. The minimum Gasteiger partial charge on any atom is -0.327 e.